The number of hydrogen-bond donors (Lipinski definition) is 6. The average Bonchev–Trinajstić information content (AvgIpc) is 1.27. The van der Waals surface area contributed by atoms with Gasteiger partial charge in [0, 0.05) is 58.1 Å². The summed E-state index contributed by atoms with van der Waals surface area (Å²) in [6, 6.07) is 26.5. The standard InChI is InChI=1S/C78H93NO9/c1-79-65-37-59-49(15-8-17-53(59)41-80)14-5-6-24-73-27-23-67-72(43-81)42-74-62-36-54-32-50(48-12-3-2-4-13-48)21-25-71(54,74)26-22-58(62)66-31-46-11-7-10-45(28-46)29-47-19-20-52(30-47)57-18-9-16-51-33-64(70(74)87-66)78(72,86)56(35-60(51)57)39-76(67,84)77(73,85)40-55-34-61(65)69-63(38-68(83)88-69)75(55,73)44-82/h2-4,7-13,15-17,28,38,43,47,50-52,54-58,60-62,64-67,69-70,79-80,82,84-86H,6,18-27,29-37,39-42,44H2,1H3. The minimum Gasteiger partial charge on any atom is -0.454 e. The first-order valence-corrected chi connectivity index (χ1v) is 35.3. The van der Waals surface area contributed by atoms with Gasteiger partial charge in [-0.25, -0.2) is 4.79 Å². The third-order valence-electron chi connectivity index (χ3n) is 31.0. The zero-order valence-electron chi connectivity index (χ0n) is 51.7. The second-order valence-electron chi connectivity index (χ2n) is 32.7. The van der Waals surface area contributed by atoms with Gasteiger partial charge in [-0.2, -0.15) is 0 Å². The number of carbonyl (C=O) groups is 2. The predicted octanol–water partition coefficient (Wildman–Crippen LogP) is 10.7. The molecule has 464 valence electrons. The van der Waals surface area contributed by atoms with E-state index in [9.17, 15) is 15.0 Å². The van der Waals surface area contributed by atoms with Crippen molar-refractivity contribution in [1.29, 1.82) is 0 Å². The number of aliphatic hydroxyl groups excluding tert-OH is 2. The van der Waals surface area contributed by atoms with Crippen molar-refractivity contribution in [3.8, 4) is 11.8 Å². The zero-order chi connectivity index (χ0) is 59.5. The van der Waals surface area contributed by atoms with Crippen molar-refractivity contribution in [2.24, 2.45) is 104 Å². The van der Waals surface area contributed by atoms with Crippen molar-refractivity contribution in [1.82, 2.24) is 5.32 Å². The second kappa shape index (κ2) is 19.6. The van der Waals surface area contributed by atoms with E-state index < -0.39 is 62.4 Å². The Hall–Kier alpha value is -4.44. The molecule has 3 heterocycles. The second-order valence-corrected chi connectivity index (χ2v) is 32.7. The number of nitrogens with one attached hydrogen (secondary N) is 1. The number of rotatable bonds is 5. The van der Waals surface area contributed by atoms with E-state index in [1.165, 1.54) is 42.2 Å². The molecular formula is C78H93NO9. The topological polar surface area (TPSA) is 166 Å². The number of allylic oxidation sites excluding steroid dienone is 2. The Morgan fingerprint density at radius 1 is 0.761 bits per heavy atom. The lowest BCUT2D eigenvalue weighted by Crippen LogP contribution is -2.84. The largest absolute Gasteiger partial charge is 0.454 e. The summed E-state index contributed by atoms with van der Waals surface area (Å²) in [6.07, 6.45) is 24.6. The van der Waals surface area contributed by atoms with Gasteiger partial charge in [-0.1, -0.05) is 90.7 Å². The number of fused-ring (bicyclic) bond motifs is 13. The van der Waals surface area contributed by atoms with Crippen LogP contribution < -0.4 is 5.32 Å². The molecule has 6 N–H and O–H groups in total. The van der Waals surface area contributed by atoms with Gasteiger partial charge in [-0.05, 0) is 258 Å². The van der Waals surface area contributed by atoms with Crippen LogP contribution in [0.4, 0.5) is 0 Å². The summed E-state index contributed by atoms with van der Waals surface area (Å²) in [6.45, 7) is -0.472. The smallest absolute Gasteiger partial charge is 0.331 e. The van der Waals surface area contributed by atoms with Crippen LogP contribution in [0.25, 0.3) is 0 Å². The minimum absolute atomic E-state index is 0.0263. The Morgan fingerprint density at radius 2 is 1.59 bits per heavy atom. The van der Waals surface area contributed by atoms with Gasteiger partial charge in [-0.3, -0.25) is 0 Å². The van der Waals surface area contributed by atoms with Crippen molar-refractivity contribution in [2.45, 2.75) is 201 Å². The lowest BCUT2D eigenvalue weighted by atomic mass is 9.29. The van der Waals surface area contributed by atoms with Crippen LogP contribution in [-0.2, 0) is 44.9 Å². The molecule has 26 atom stereocenters. The maximum Gasteiger partial charge on any atom is 0.331 e. The monoisotopic (exact) mass is 1190 g/mol. The summed E-state index contributed by atoms with van der Waals surface area (Å²) < 4.78 is 14.9. The van der Waals surface area contributed by atoms with Gasteiger partial charge < -0.3 is 45.1 Å². The molecule has 10 nitrogen and oxygen atoms in total. The molecule has 88 heavy (non-hydrogen) atoms. The van der Waals surface area contributed by atoms with E-state index in [4.69, 9.17) is 9.47 Å². The number of aliphatic hydroxyl groups is 5. The lowest BCUT2D eigenvalue weighted by molar-refractivity contribution is -0.387. The first kappa shape index (κ1) is 56.3. The number of ether oxygens (including phenoxy) is 2. The van der Waals surface area contributed by atoms with Gasteiger partial charge in [0.1, 0.15) is 18.0 Å². The minimum atomic E-state index is -1.88. The van der Waals surface area contributed by atoms with Gasteiger partial charge in [-0.15, -0.1) is 0 Å². The van der Waals surface area contributed by atoms with Crippen molar-refractivity contribution in [3.05, 3.63) is 130 Å². The number of esters is 1. The third kappa shape index (κ3) is 6.87. The highest BCUT2D eigenvalue weighted by Crippen LogP contribution is 2.87. The molecular weight excluding hydrogens is 1090 g/mol. The van der Waals surface area contributed by atoms with Gasteiger partial charge in [0.15, 0.2) is 0 Å². The van der Waals surface area contributed by atoms with E-state index in [-0.39, 0.29) is 91.1 Å². The zero-order valence-corrected chi connectivity index (χ0v) is 51.7. The highest BCUT2D eigenvalue weighted by molar-refractivity contribution is 5.87. The van der Waals surface area contributed by atoms with E-state index in [0.717, 1.165) is 86.5 Å². The molecule has 1 saturated heterocycles. The lowest BCUT2D eigenvalue weighted by Gasteiger charge is -2.78. The predicted molar refractivity (Wildman–Crippen MR) is 332 cm³/mol. The Balaban J connectivity index is 0.851. The van der Waals surface area contributed by atoms with Gasteiger partial charge >= 0.3 is 5.97 Å². The van der Waals surface area contributed by atoms with Crippen LogP contribution >= 0.6 is 0 Å². The van der Waals surface area contributed by atoms with E-state index in [0.29, 0.717) is 81.0 Å². The van der Waals surface area contributed by atoms with Crippen molar-refractivity contribution < 1.29 is 44.6 Å². The summed E-state index contributed by atoms with van der Waals surface area (Å²) in [5, 5.41) is 73.8. The quantitative estimate of drug-likeness (QED) is 0.0627. The summed E-state index contributed by atoms with van der Waals surface area (Å²) in [5.41, 5.74) is -2.10. The summed E-state index contributed by atoms with van der Waals surface area (Å²) in [4.78, 5) is 30.5. The third-order valence-corrected chi connectivity index (χ3v) is 31.0. The Morgan fingerprint density at radius 3 is 2.42 bits per heavy atom. The van der Waals surface area contributed by atoms with Crippen molar-refractivity contribution in [3.63, 3.8) is 0 Å². The molecule has 0 aromatic heterocycles. The van der Waals surface area contributed by atoms with E-state index >= 15 is 20.1 Å². The van der Waals surface area contributed by atoms with E-state index in [1.807, 2.05) is 25.2 Å². The fourth-order valence-corrected chi connectivity index (χ4v) is 28.2. The fourth-order valence-electron chi connectivity index (χ4n) is 28.2. The van der Waals surface area contributed by atoms with Crippen molar-refractivity contribution in [2.75, 3.05) is 13.7 Å². The van der Waals surface area contributed by atoms with E-state index in [1.54, 1.807) is 6.08 Å². The number of aldehydes is 1. The van der Waals surface area contributed by atoms with Gasteiger partial charge in [0.2, 0.25) is 0 Å². The summed E-state index contributed by atoms with van der Waals surface area (Å²) >= 11 is 0. The molecule has 10 heteroatoms. The fraction of sp³-hybridized carbons (Fsp3) is 0.667. The van der Waals surface area contributed by atoms with Crippen LogP contribution in [0.5, 0.6) is 0 Å². The SMILES string of the molecule is CNC1Cc2c(cccc2CO)C#CCCC23CCC4C(O)(CC5CC6C7C=CCC6C6CCC(Cc8cccc(c8)CC8OC9C(C7)C5(O)C4(C=O)CC94C5CC7CC(c9ccccc9)CCC74CCC85)C6)C2(O)CC2CC1C1OC(=O)C=C1C23CO. The van der Waals surface area contributed by atoms with Gasteiger partial charge in [0.05, 0.1) is 42.0 Å². The Labute approximate surface area is 520 Å². The van der Waals surface area contributed by atoms with Crippen LogP contribution in [0.1, 0.15) is 168 Å². The molecule has 11 fully saturated rings. The molecule has 0 amide bonds. The van der Waals surface area contributed by atoms with Crippen LogP contribution in [0.2, 0.25) is 0 Å². The molecule has 19 rings (SSSR count). The highest BCUT2D eigenvalue weighted by atomic mass is 16.5. The maximum absolute atomic E-state index is 16.3. The van der Waals surface area contributed by atoms with Crippen LogP contribution in [0.3, 0.4) is 0 Å². The van der Waals surface area contributed by atoms with Crippen LogP contribution in [0.15, 0.2) is 96.6 Å². The number of benzene rings is 3. The number of carbonyl (C=O) groups excluding carboxylic acids is 2. The molecule has 3 aromatic carbocycles. The Kier molecular flexibility index (Phi) is 12.5. The molecule has 3 aromatic rings. The molecule has 13 aliphatic carbocycles. The van der Waals surface area contributed by atoms with E-state index in [2.05, 4.69) is 83.9 Å². The molecule has 26 unspecified atom stereocenters. The molecule has 3 aliphatic heterocycles. The van der Waals surface area contributed by atoms with Gasteiger partial charge in [0.25, 0.3) is 0 Å². The summed E-state index contributed by atoms with van der Waals surface area (Å²) in [5.74, 6) is 7.66. The first-order chi connectivity index (χ1) is 42.8. The summed E-state index contributed by atoms with van der Waals surface area (Å²) in [7, 11) is 1.95. The van der Waals surface area contributed by atoms with Crippen LogP contribution in [0, 0.1) is 116 Å². The van der Waals surface area contributed by atoms with Crippen LogP contribution in [-0.4, -0.2) is 92.6 Å². The Bertz CT molecular complexity index is 3500. The molecule has 18 bridgehead atoms. The number of likely N-dealkylation sites (N-methyl/N-ethyl adjacent to an activating group) is 1. The maximum atomic E-state index is 16.3. The molecule has 0 radical (unpaired) electrons. The highest BCUT2D eigenvalue weighted by Gasteiger charge is 2.90. The molecule has 3 spiro atoms. The first-order valence-electron chi connectivity index (χ1n) is 35.3. The number of hydrogen-bond acceptors (Lipinski definition) is 10. The molecule has 16 aliphatic rings. The normalized spacial score (nSPS) is 50.9. The van der Waals surface area contributed by atoms with Crippen molar-refractivity contribution >= 4 is 12.3 Å². The molecule has 10 saturated carbocycles. The average molecular weight is 1190 g/mol.